The maximum atomic E-state index is 12.4. The molecular weight excluding hydrogens is 302 g/mol. The van der Waals surface area contributed by atoms with Crippen molar-refractivity contribution in [3.05, 3.63) is 65.7 Å². The van der Waals surface area contributed by atoms with Crippen molar-refractivity contribution in [3.63, 3.8) is 0 Å². The van der Waals surface area contributed by atoms with Crippen LogP contribution >= 0.6 is 0 Å². The Balaban J connectivity index is 1.53. The molecule has 1 amide bonds. The van der Waals surface area contributed by atoms with Crippen LogP contribution in [-0.4, -0.2) is 35.1 Å². The van der Waals surface area contributed by atoms with Crippen molar-refractivity contribution in [2.45, 2.75) is 32.0 Å². The van der Waals surface area contributed by atoms with Crippen molar-refractivity contribution in [1.29, 1.82) is 0 Å². The van der Waals surface area contributed by atoms with Crippen LogP contribution in [0.1, 0.15) is 30.1 Å². The number of hydrogen-bond acceptors (Lipinski definition) is 3. The molecule has 0 radical (unpaired) electrons. The van der Waals surface area contributed by atoms with Gasteiger partial charge in [0.15, 0.2) is 6.10 Å². The standard InChI is InChI=1S/C20H23NO3/c1-15-7-9-17(10-8-15)24-18-11-13-21(14-12-18)20(23)19(22)16-5-3-2-4-6-16/h2-10,18-19,22H,11-14H2,1H3. The van der Waals surface area contributed by atoms with Gasteiger partial charge in [0.2, 0.25) is 0 Å². The van der Waals surface area contributed by atoms with Gasteiger partial charge in [0, 0.05) is 25.9 Å². The molecule has 3 rings (SSSR count). The Labute approximate surface area is 142 Å². The van der Waals surface area contributed by atoms with Crippen molar-refractivity contribution in [2.24, 2.45) is 0 Å². The predicted octanol–water partition coefficient (Wildman–Crippen LogP) is 3.10. The van der Waals surface area contributed by atoms with E-state index < -0.39 is 6.10 Å². The van der Waals surface area contributed by atoms with Crippen molar-refractivity contribution < 1.29 is 14.6 Å². The molecule has 4 heteroatoms. The first-order valence-electron chi connectivity index (χ1n) is 8.38. The van der Waals surface area contributed by atoms with Gasteiger partial charge in [0.1, 0.15) is 11.9 Å². The van der Waals surface area contributed by atoms with Crippen molar-refractivity contribution in [2.75, 3.05) is 13.1 Å². The Kier molecular flexibility index (Phi) is 5.16. The molecule has 24 heavy (non-hydrogen) atoms. The van der Waals surface area contributed by atoms with E-state index in [0.29, 0.717) is 18.7 Å². The third-order valence-electron chi connectivity index (χ3n) is 4.43. The lowest BCUT2D eigenvalue weighted by molar-refractivity contribution is -0.142. The highest BCUT2D eigenvalue weighted by Crippen LogP contribution is 2.22. The van der Waals surface area contributed by atoms with Crippen LogP contribution < -0.4 is 4.74 Å². The van der Waals surface area contributed by atoms with Gasteiger partial charge in [-0.15, -0.1) is 0 Å². The second kappa shape index (κ2) is 7.49. The van der Waals surface area contributed by atoms with Gasteiger partial charge in [-0.3, -0.25) is 4.79 Å². The quantitative estimate of drug-likeness (QED) is 0.940. The molecule has 2 aromatic rings. The summed E-state index contributed by atoms with van der Waals surface area (Å²) in [6, 6.07) is 17.1. The Morgan fingerprint density at radius 2 is 1.71 bits per heavy atom. The third-order valence-corrected chi connectivity index (χ3v) is 4.43. The minimum absolute atomic E-state index is 0.116. The summed E-state index contributed by atoms with van der Waals surface area (Å²) >= 11 is 0. The number of aryl methyl sites for hydroxylation is 1. The van der Waals surface area contributed by atoms with Gasteiger partial charge in [-0.25, -0.2) is 0 Å². The summed E-state index contributed by atoms with van der Waals surface area (Å²) < 4.78 is 5.98. The molecule has 1 heterocycles. The number of ether oxygens (including phenoxy) is 1. The van der Waals surface area contributed by atoms with Crippen LogP contribution in [0.25, 0.3) is 0 Å². The van der Waals surface area contributed by atoms with Gasteiger partial charge >= 0.3 is 0 Å². The summed E-state index contributed by atoms with van der Waals surface area (Å²) in [7, 11) is 0. The van der Waals surface area contributed by atoms with Gasteiger partial charge in [0.05, 0.1) is 0 Å². The first kappa shape index (κ1) is 16.5. The van der Waals surface area contributed by atoms with Crippen LogP contribution in [0.15, 0.2) is 54.6 Å². The molecule has 1 saturated heterocycles. The van der Waals surface area contributed by atoms with Crippen LogP contribution in [0.3, 0.4) is 0 Å². The monoisotopic (exact) mass is 325 g/mol. The number of carbonyl (C=O) groups excluding carboxylic acids is 1. The number of aliphatic hydroxyl groups is 1. The number of benzene rings is 2. The fraction of sp³-hybridized carbons (Fsp3) is 0.350. The van der Waals surface area contributed by atoms with Crippen LogP contribution in [0, 0.1) is 6.92 Å². The van der Waals surface area contributed by atoms with Gasteiger partial charge in [-0.1, -0.05) is 48.0 Å². The number of nitrogens with zero attached hydrogens (tertiary/aromatic N) is 1. The zero-order valence-electron chi connectivity index (χ0n) is 13.9. The topological polar surface area (TPSA) is 49.8 Å². The van der Waals surface area contributed by atoms with E-state index in [1.807, 2.05) is 49.4 Å². The van der Waals surface area contributed by atoms with Crippen molar-refractivity contribution in [3.8, 4) is 5.75 Å². The minimum atomic E-state index is -1.08. The lowest BCUT2D eigenvalue weighted by Gasteiger charge is -2.33. The lowest BCUT2D eigenvalue weighted by Crippen LogP contribution is -2.43. The molecule has 2 aromatic carbocycles. The summed E-state index contributed by atoms with van der Waals surface area (Å²) in [6.07, 6.45) is 0.591. The number of likely N-dealkylation sites (tertiary alicyclic amines) is 1. The molecule has 0 spiro atoms. The van der Waals surface area contributed by atoms with E-state index in [-0.39, 0.29) is 12.0 Å². The van der Waals surface area contributed by atoms with Gasteiger partial charge in [-0.05, 0) is 24.6 Å². The van der Waals surface area contributed by atoms with E-state index >= 15 is 0 Å². The Morgan fingerprint density at radius 1 is 1.08 bits per heavy atom. The molecule has 1 aliphatic rings. The van der Waals surface area contributed by atoms with E-state index in [1.165, 1.54) is 5.56 Å². The van der Waals surface area contributed by atoms with Crippen molar-refractivity contribution >= 4 is 5.91 Å². The largest absolute Gasteiger partial charge is 0.490 e. The molecule has 1 aliphatic heterocycles. The maximum absolute atomic E-state index is 12.4. The number of rotatable bonds is 4. The first-order valence-corrected chi connectivity index (χ1v) is 8.38. The van der Waals surface area contributed by atoms with Gasteiger partial charge in [0.25, 0.3) is 5.91 Å². The van der Waals surface area contributed by atoms with E-state index in [0.717, 1.165) is 18.6 Å². The highest BCUT2D eigenvalue weighted by Gasteiger charge is 2.28. The number of piperidine rings is 1. The minimum Gasteiger partial charge on any atom is -0.490 e. The van der Waals surface area contributed by atoms with E-state index in [2.05, 4.69) is 0 Å². The summed E-state index contributed by atoms with van der Waals surface area (Å²) in [4.78, 5) is 14.2. The molecule has 0 aromatic heterocycles. The molecule has 1 unspecified atom stereocenters. The Bertz CT molecular complexity index is 661. The van der Waals surface area contributed by atoms with Crippen LogP contribution in [0.4, 0.5) is 0 Å². The lowest BCUT2D eigenvalue weighted by atomic mass is 10.0. The summed E-state index contributed by atoms with van der Waals surface area (Å²) in [5, 5.41) is 10.2. The number of aliphatic hydroxyl groups excluding tert-OH is 1. The molecule has 1 fully saturated rings. The molecule has 4 nitrogen and oxygen atoms in total. The van der Waals surface area contributed by atoms with Gasteiger partial charge < -0.3 is 14.7 Å². The molecular formula is C20H23NO3. The molecule has 1 atom stereocenters. The molecule has 0 saturated carbocycles. The zero-order valence-corrected chi connectivity index (χ0v) is 13.9. The van der Waals surface area contributed by atoms with E-state index in [9.17, 15) is 9.90 Å². The van der Waals surface area contributed by atoms with E-state index in [1.54, 1.807) is 17.0 Å². The highest BCUT2D eigenvalue weighted by molar-refractivity contribution is 5.82. The van der Waals surface area contributed by atoms with Crippen LogP contribution in [-0.2, 0) is 4.79 Å². The van der Waals surface area contributed by atoms with E-state index in [4.69, 9.17) is 4.74 Å². The predicted molar refractivity (Wildman–Crippen MR) is 92.8 cm³/mol. The molecule has 0 aliphatic carbocycles. The normalized spacial score (nSPS) is 16.7. The van der Waals surface area contributed by atoms with Crippen LogP contribution in [0.5, 0.6) is 5.75 Å². The van der Waals surface area contributed by atoms with Crippen LogP contribution in [0.2, 0.25) is 0 Å². The van der Waals surface area contributed by atoms with Crippen molar-refractivity contribution in [1.82, 2.24) is 4.90 Å². The fourth-order valence-corrected chi connectivity index (χ4v) is 2.95. The first-order chi connectivity index (χ1) is 11.6. The number of amides is 1. The second-order valence-electron chi connectivity index (χ2n) is 6.27. The highest BCUT2D eigenvalue weighted by atomic mass is 16.5. The van der Waals surface area contributed by atoms with Gasteiger partial charge in [-0.2, -0.15) is 0 Å². The summed E-state index contributed by atoms with van der Waals surface area (Å²) in [5.41, 5.74) is 1.85. The number of hydrogen-bond donors (Lipinski definition) is 1. The Morgan fingerprint density at radius 3 is 2.33 bits per heavy atom. The average Bonchev–Trinajstić information content (AvgIpc) is 2.64. The third kappa shape index (κ3) is 3.95. The smallest absolute Gasteiger partial charge is 0.256 e. The number of carbonyl (C=O) groups is 1. The molecule has 0 bridgehead atoms. The average molecular weight is 325 g/mol. The summed E-state index contributed by atoms with van der Waals surface area (Å²) in [5.74, 6) is 0.643. The Hall–Kier alpha value is -2.33. The second-order valence-corrected chi connectivity index (χ2v) is 6.27. The molecule has 126 valence electrons. The maximum Gasteiger partial charge on any atom is 0.256 e. The molecule has 1 N–H and O–H groups in total. The summed E-state index contributed by atoms with van der Waals surface area (Å²) in [6.45, 7) is 3.27. The SMILES string of the molecule is Cc1ccc(OC2CCN(C(=O)C(O)c3ccccc3)CC2)cc1. The zero-order chi connectivity index (χ0) is 16.9. The fourth-order valence-electron chi connectivity index (χ4n) is 2.95.